The lowest BCUT2D eigenvalue weighted by atomic mass is 9.94. The Kier molecular flexibility index (Phi) is 12.2. The molecular formula is C34H43NO9S2. The molecule has 0 bridgehead atoms. The van der Waals surface area contributed by atoms with Crippen molar-refractivity contribution < 1.29 is 39.4 Å². The minimum Gasteiger partial charge on any atom is -0.496 e. The molecule has 0 aliphatic heterocycles. The van der Waals surface area contributed by atoms with Crippen LogP contribution in [-0.2, 0) is 26.7 Å². The summed E-state index contributed by atoms with van der Waals surface area (Å²) in [5.74, 6) is 0.336. The van der Waals surface area contributed by atoms with Crippen LogP contribution in [0, 0.1) is 0 Å². The first-order valence-electron chi connectivity index (χ1n) is 14.6. The molecule has 250 valence electrons. The molecule has 0 fully saturated rings. The van der Waals surface area contributed by atoms with E-state index in [4.69, 9.17) is 22.6 Å². The molecule has 10 nitrogen and oxygen atoms in total. The normalized spacial score (nSPS) is 11.3. The summed E-state index contributed by atoms with van der Waals surface area (Å²) in [4.78, 5) is 0. The molecule has 0 saturated heterocycles. The smallest absolute Gasteiger partial charge is 0.306 e. The lowest BCUT2D eigenvalue weighted by Crippen LogP contribution is -2.10. The Balaban J connectivity index is 2.30. The van der Waals surface area contributed by atoms with Crippen molar-refractivity contribution in [3.8, 4) is 51.0 Å². The van der Waals surface area contributed by atoms with Gasteiger partial charge in [-0.2, -0.15) is 16.8 Å². The summed E-state index contributed by atoms with van der Waals surface area (Å²) < 4.78 is 77.8. The zero-order valence-corrected chi connectivity index (χ0v) is 29.4. The van der Waals surface area contributed by atoms with Crippen LogP contribution in [0.15, 0.2) is 65.8 Å². The number of ether oxygens (including phenoxy) is 3. The molecule has 0 aliphatic rings. The first-order valence-corrected chi connectivity index (χ1v) is 18.2. The molecule has 0 aliphatic carbocycles. The average Bonchev–Trinajstić information content (AvgIpc) is 2.95. The summed E-state index contributed by atoms with van der Waals surface area (Å²) in [7, 11) is -5.18. The van der Waals surface area contributed by atoms with Crippen LogP contribution in [0.3, 0.4) is 0 Å². The van der Waals surface area contributed by atoms with Gasteiger partial charge in [0.05, 0.1) is 32.3 Å². The molecule has 0 amide bonds. The van der Waals surface area contributed by atoms with E-state index < -0.39 is 20.2 Å². The number of anilines is 1. The number of benzene rings is 3. The molecule has 0 saturated carbocycles. The maximum atomic E-state index is 12.6. The fourth-order valence-electron chi connectivity index (χ4n) is 4.60. The van der Waals surface area contributed by atoms with Crippen LogP contribution >= 0.6 is 0 Å². The predicted molar refractivity (Wildman–Crippen MR) is 184 cm³/mol. The van der Waals surface area contributed by atoms with Crippen LogP contribution in [0.1, 0.15) is 40.2 Å². The number of aryl methyl sites for hydroxylation is 1. The molecule has 3 rings (SSSR count). The van der Waals surface area contributed by atoms with Crippen molar-refractivity contribution in [3.05, 3.63) is 71.3 Å². The zero-order valence-electron chi connectivity index (χ0n) is 27.8. The molecule has 0 radical (unpaired) electrons. The molecule has 0 aromatic heterocycles. The third-order valence-electron chi connectivity index (χ3n) is 6.66. The summed E-state index contributed by atoms with van der Waals surface area (Å²) in [6.07, 6.45) is 6.51. The first-order chi connectivity index (χ1) is 21.6. The van der Waals surface area contributed by atoms with Crippen molar-refractivity contribution >= 4 is 25.9 Å². The highest BCUT2D eigenvalue weighted by Gasteiger charge is 2.27. The monoisotopic (exact) mass is 673 g/mol. The van der Waals surface area contributed by atoms with Crippen LogP contribution in [0.2, 0.25) is 0 Å². The molecule has 0 spiro atoms. The highest BCUT2D eigenvalue weighted by Crippen LogP contribution is 2.52. The number of methoxy groups -OCH3 is 2. The lowest BCUT2D eigenvalue weighted by molar-refractivity contribution is 0.347. The summed E-state index contributed by atoms with van der Waals surface area (Å²) in [5.41, 5.74) is 6.06. The van der Waals surface area contributed by atoms with Gasteiger partial charge in [0, 0.05) is 17.8 Å². The Bertz CT molecular complexity index is 1840. The van der Waals surface area contributed by atoms with E-state index in [0.29, 0.717) is 17.7 Å². The van der Waals surface area contributed by atoms with Gasteiger partial charge in [0.15, 0.2) is 23.0 Å². The van der Waals surface area contributed by atoms with Gasteiger partial charge in [-0.1, -0.05) is 36.3 Å². The molecule has 3 aromatic carbocycles. The molecule has 3 aromatic rings. The van der Waals surface area contributed by atoms with Crippen molar-refractivity contribution in [1.29, 1.82) is 0 Å². The maximum absolute atomic E-state index is 12.6. The maximum Gasteiger partial charge on any atom is 0.306 e. The van der Waals surface area contributed by atoms with Crippen LogP contribution < -0.4 is 27.9 Å². The summed E-state index contributed by atoms with van der Waals surface area (Å²) in [5, 5.41) is 3.44. The molecular weight excluding hydrogens is 631 g/mol. The molecule has 1 N–H and O–H groups in total. The van der Waals surface area contributed by atoms with Crippen molar-refractivity contribution in [1.82, 2.24) is 0 Å². The topological polar surface area (TPSA) is 126 Å². The van der Waals surface area contributed by atoms with Crippen LogP contribution in [0.4, 0.5) is 5.69 Å². The number of allylic oxidation sites excluding steroid dienone is 2. The largest absolute Gasteiger partial charge is 0.496 e. The number of rotatable bonds is 15. The minimum absolute atomic E-state index is 0.0960. The van der Waals surface area contributed by atoms with Gasteiger partial charge >= 0.3 is 20.2 Å². The minimum atomic E-state index is -4.08. The van der Waals surface area contributed by atoms with Crippen molar-refractivity contribution in [2.24, 2.45) is 0 Å². The Labute approximate surface area is 273 Å². The van der Waals surface area contributed by atoms with E-state index in [1.165, 1.54) is 31.9 Å². The van der Waals surface area contributed by atoms with Gasteiger partial charge < -0.3 is 27.9 Å². The van der Waals surface area contributed by atoms with Gasteiger partial charge in [0.25, 0.3) is 0 Å². The number of nitrogens with one attached hydrogen (secondary N) is 1. The second kappa shape index (κ2) is 15.4. The van der Waals surface area contributed by atoms with E-state index in [0.717, 1.165) is 41.3 Å². The van der Waals surface area contributed by atoms with E-state index in [2.05, 4.69) is 11.4 Å². The van der Waals surface area contributed by atoms with E-state index in [1.807, 2.05) is 58.9 Å². The first kappa shape index (κ1) is 36.3. The Morgan fingerprint density at radius 2 is 1.39 bits per heavy atom. The van der Waals surface area contributed by atoms with Crippen LogP contribution in [0.25, 0.3) is 22.3 Å². The van der Waals surface area contributed by atoms with Crippen molar-refractivity contribution in [2.45, 2.75) is 41.0 Å². The standard InChI is InChI=1S/C34H43NO9S2/c1-10-24-19-25(11-13-28(24)35-17-15-22(2)3)27-21-31(40-6)32(34(33(27)41-7)44-46(9,38)39)26-12-14-29(42-18-16-23(4)5)30(20-26)43-45(8,36)37/h11-16,19-21,35H,10,17-18H2,1-9H3. The average molecular weight is 674 g/mol. The van der Waals surface area contributed by atoms with E-state index in [9.17, 15) is 16.8 Å². The number of hydrogen-bond acceptors (Lipinski definition) is 10. The van der Waals surface area contributed by atoms with Gasteiger partial charge in [-0.05, 0) is 87.2 Å². The second-order valence-electron chi connectivity index (χ2n) is 11.1. The van der Waals surface area contributed by atoms with E-state index in [1.54, 1.807) is 12.1 Å². The fraction of sp³-hybridized carbons (Fsp3) is 0.353. The number of hydrogen-bond donors (Lipinski definition) is 1. The SMILES string of the molecule is CCc1cc(-c2cc(OC)c(-c3ccc(OCC=C(C)C)c(OS(C)(=O)=O)c3)c(OS(C)(=O)=O)c2OC)ccc1NCC=C(C)C. The van der Waals surface area contributed by atoms with Gasteiger partial charge in [0.1, 0.15) is 12.4 Å². The third-order valence-corrected chi connectivity index (χ3v) is 7.61. The second-order valence-corrected chi connectivity index (χ2v) is 14.2. The Hall–Kier alpha value is -4.16. The quantitative estimate of drug-likeness (QED) is 0.133. The fourth-order valence-corrected chi connectivity index (χ4v) is 5.52. The van der Waals surface area contributed by atoms with E-state index in [-0.39, 0.29) is 40.9 Å². The predicted octanol–water partition coefficient (Wildman–Crippen LogP) is 7.00. The Morgan fingerprint density at radius 1 is 0.739 bits per heavy atom. The molecule has 12 heteroatoms. The molecule has 0 heterocycles. The highest BCUT2D eigenvalue weighted by molar-refractivity contribution is 7.86. The molecule has 0 atom stereocenters. The zero-order chi connectivity index (χ0) is 34.2. The highest BCUT2D eigenvalue weighted by atomic mass is 32.2. The molecule has 0 unspecified atom stereocenters. The van der Waals surface area contributed by atoms with Crippen LogP contribution in [0.5, 0.6) is 28.7 Å². The van der Waals surface area contributed by atoms with Crippen LogP contribution in [-0.4, -0.2) is 56.7 Å². The van der Waals surface area contributed by atoms with Gasteiger partial charge in [-0.25, -0.2) is 0 Å². The summed E-state index contributed by atoms with van der Waals surface area (Å²) in [6, 6.07) is 12.2. The summed E-state index contributed by atoms with van der Waals surface area (Å²) >= 11 is 0. The molecule has 46 heavy (non-hydrogen) atoms. The van der Waals surface area contributed by atoms with Crippen molar-refractivity contribution in [2.75, 3.05) is 45.2 Å². The van der Waals surface area contributed by atoms with E-state index >= 15 is 0 Å². The van der Waals surface area contributed by atoms with Gasteiger partial charge in [-0.15, -0.1) is 0 Å². The summed E-state index contributed by atoms with van der Waals surface area (Å²) in [6.45, 7) is 10.8. The Morgan fingerprint density at radius 3 is 1.96 bits per heavy atom. The van der Waals surface area contributed by atoms with Gasteiger partial charge in [0.2, 0.25) is 0 Å². The lowest BCUT2D eigenvalue weighted by Gasteiger charge is -2.22. The third kappa shape index (κ3) is 9.92. The van der Waals surface area contributed by atoms with Gasteiger partial charge in [-0.3, -0.25) is 0 Å². The van der Waals surface area contributed by atoms with Crippen molar-refractivity contribution in [3.63, 3.8) is 0 Å².